The maximum Gasteiger partial charge on any atom is 0.261 e. The van der Waals surface area contributed by atoms with Crippen molar-refractivity contribution in [3.05, 3.63) is 96.1 Å². The number of nitrogens with zero attached hydrogens (tertiary/aromatic N) is 1. The van der Waals surface area contributed by atoms with Crippen molar-refractivity contribution in [1.82, 2.24) is 10.2 Å². The predicted molar refractivity (Wildman–Crippen MR) is 135 cm³/mol. The van der Waals surface area contributed by atoms with Crippen LogP contribution in [0.15, 0.2) is 89.8 Å². The lowest BCUT2D eigenvalue weighted by atomic mass is 9.96. The molecule has 7 nitrogen and oxygen atoms in total. The molecule has 1 fully saturated rings. The molecular formula is C27H29N3O4S. The maximum atomic E-state index is 13.2. The van der Waals surface area contributed by atoms with E-state index >= 15 is 0 Å². The van der Waals surface area contributed by atoms with E-state index in [1.807, 2.05) is 30.3 Å². The molecule has 0 bridgehead atoms. The molecule has 1 saturated heterocycles. The molecule has 1 heterocycles. The smallest absolute Gasteiger partial charge is 0.261 e. The van der Waals surface area contributed by atoms with Gasteiger partial charge in [-0.3, -0.25) is 14.3 Å². The Bertz CT molecular complexity index is 1260. The first-order chi connectivity index (χ1) is 16.9. The lowest BCUT2D eigenvalue weighted by molar-refractivity contribution is -0.126. The Morgan fingerprint density at radius 1 is 0.914 bits per heavy atom. The summed E-state index contributed by atoms with van der Waals surface area (Å²) >= 11 is 0. The van der Waals surface area contributed by atoms with Crippen LogP contribution in [0.3, 0.4) is 0 Å². The Balaban J connectivity index is 1.36. The Labute approximate surface area is 206 Å². The molecule has 2 N–H and O–H groups in total. The highest BCUT2D eigenvalue weighted by Crippen LogP contribution is 2.22. The lowest BCUT2D eigenvalue weighted by Crippen LogP contribution is -2.45. The topological polar surface area (TPSA) is 95.6 Å². The molecule has 182 valence electrons. The maximum absolute atomic E-state index is 13.2. The fourth-order valence-corrected chi connectivity index (χ4v) is 5.28. The van der Waals surface area contributed by atoms with Crippen LogP contribution in [0.25, 0.3) is 0 Å². The molecule has 1 atom stereocenters. The Morgan fingerprint density at radius 2 is 1.63 bits per heavy atom. The molecule has 0 saturated carbocycles. The number of hydrogen-bond acceptors (Lipinski definition) is 4. The molecule has 3 aromatic carbocycles. The highest BCUT2D eigenvalue weighted by Gasteiger charge is 2.29. The molecule has 8 heteroatoms. The van der Waals surface area contributed by atoms with Crippen molar-refractivity contribution in [1.29, 1.82) is 0 Å². The third kappa shape index (κ3) is 6.48. The van der Waals surface area contributed by atoms with Crippen LogP contribution < -0.4 is 10.0 Å². The van der Waals surface area contributed by atoms with E-state index in [1.165, 1.54) is 18.2 Å². The molecular weight excluding hydrogens is 462 g/mol. The van der Waals surface area contributed by atoms with Gasteiger partial charge in [0.25, 0.3) is 15.9 Å². The normalized spacial score (nSPS) is 15.9. The number of carbonyl (C=O) groups excluding carboxylic acids is 2. The third-order valence-corrected chi connectivity index (χ3v) is 7.45. The first-order valence-electron chi connectivity index (χ1n) is 11.7. The van der Waals surface area contributed by atoms with Gasteiger partial charge in [-0.05, 0) is 55.2 Å². The van der Waals surface area contributed by atoms with E-state index in [-0.39, 0.29) is 22.6 Å². The van der Waals surface area contributed by atoms with Crippen LogP contribution >= 0.6 is 0 Å². The zero-order valence-electron chi connectivity index (χ0n) is 19.4. The fraction of sp³-hybridized carbons (Fsp3) is 0.259. The molecule has 0 radical (unpaired) electrons. The van der Waals surface area contributed by atoms with Gasteiger partial charge in [0.2, 0.25) is 5.91 Å². The second kappa shape index (κ2) is 11.2. The van der Waals surface area contributed by atoms with Gasteiger partial charge in [0.15, 0.2) is 0 Å². The molecule has 35 heavy (non-hydrogen) atoms. The minimum atomic E-state index is -3.76. The van der Waals surface area contributed by atoms with Crippen molar-refractivity contribution in [3.8, 4) is 0 Å². The number of sulfonamides is 1. The largest absolute Gasteiger partial charge is 0.355 e. The highest BCUT2D eigenvalue weighted by molar-refractivity contribution is 7.92. The van der Waals surface area contributed by atoms with Crippen LogP contribution in [-0.4, -0.2) is 44.8 Å². The Morgan fingerprint density at radius 3 is 2.37 bits per heavy atom. The van der Waals surface area contributed by atoms with Gasteiger partial charge in [0, 0.05) is 30.9 Å². The number of carbonyl (C=O) groups is 2. The minimum Gasteiger partial charge on any atom is -0.355 e. The summed E-state index contributed by atoms with van der Waals surface area (Å²) in [5, 5.41) is 3.00. The SMILES string of the molecule is O=C(NCCc1ccccc1)C1CCCN(C(=O)c2cccc(NS(=O)(=O)c3ccccc3)c2)C1. The van der Waals surface area contributed by atoms with Gasteiger partial charge in [-0.2, -0.15) is 0 Å². The second-order valence-corrected chi connectivity index (χ2v) is 10.3. The average molecular weight is 492 g/mol. The Hall–Kier alpha value is -3.65. The van der Waals surface area contributed by atoms with Crippen LogP contribution in [-0.2, 0) is 21.2 Å². The van der Waals surface area contributed by atoms with Gasteiger partial charge >= 0.3 is 0 Å². The molecule has 4 rings (SSSR count). The minimum absolute atomic E-state index is 0.0391. The molecule has 2 amide bonds. The summed E-state index contributed by atoms with van der Waals surface area (Å²) in [5.74, 6) is -0.515. The van der Waals surface area contributed by atoms with E-state index in [9.17, 15) is 18.0 Å². The summed E-state index contributed by atoms with van der Waals surface area (Å²) in [6.07, 6.45) is 2.23. The van der Waals surface area contributed by atoms with Crippen LogP contribution in [0.1, 0.15) is 28.8 Å². The predicted octanol–water partition coefficient (Wildman–Crippen LogP) is 3.70. The van der Waals surface area contributed by atoms with Gasteiger partial charge in [0.1, 0.15) is 0 Å². The number of rotatable bonds is 8. The summed E-state index contributed by atoms with van der Waals surface area (Å²) in [6, 6.07) is 24.5. The third-order valence-electron chi connectivity index (χ3n) is 6.05. The molecule has 0 aliphatic carbocycles. The number of nitrogens with one attached hydrogen (secondary N) is 2. The van der Waals surface area contributed by atoms with E-state index in [2.05, 4.69) is 10.0 Å². The van der Waals surface area contributed by atoms with Crippen molar-refractivity contribution in [2.24, 2.45) is 5.92 Å². The van der Waals surface area contributed by atoms with Crippen molar-refractivity contribution >= 4 is 27.5 Å². The van der Waals surface area contributed by atoms with Gasteiger partial charge in [-0.15, -0.1) is 0 Å². The van der Waals surface area contributed by atoms with Gasteiger partial charge in [-0.1, -0.05) is 54.6 Å². The number of anilines is 1. The van der Waals surface area contributed by atoms with Crippen LogP contribution in [0, 0.1) is 5.92 Å². The van der Waals surface area contributed by atoms with Crippen molar-refractivity contribution in [2.45, 2.75) is 24.2 Å². The van der Waals surface area contributed by atoms with Crippen LogP contribution in [0.5, 0.6) is 0 Å². The molecule has 3 aromatic rings. The number of hydrogen-bond donors (Lipinski definition) is 2. The molecule has 1 aliphatic heterocycles. The summed E-state index contributed by atoms with van der Waals surface area (Å²) in [7, 11) is -3.76. The van der Waals surface area contributed by atoms with E-state index in [4.69, 9.17) is 0 Å². The van der Waals surface area contributed by atoms with E-state index in [1.54, 1.807) is 41.3 Å². The molecule has 1 aliphatic rings. The van der Waals surface area contributed by atoms with Gasteiger partial charge in [0.05, 0.1) is 10.8 Å². The molecule has 1 unspecified atom stereocenters. The van der Waals surface area contributed by atoms with Crippen molar-refractivity contribution in [2.75, 3.05) is 24.4 Å². The number of likely N-dealkylation sites (tertiary alicyclic amines) is 1. The summed E-state index contributed by atoms with van der Waals surface area (Å²) in [5.41, 5.74) is 1.85. The van der Waals surface area contributed by atoms with Gasteiger partial charge < -0.3 is 10.2 Å². The quantitative estimate of drug-likeness (QED) is 0.502. The van der Waals surface area contributed by atoms with E-state index in [0.717, 1.165) is 24.8 Å². The number of benzene rings is 3. The fourth-order valence-electron chi connectivity index (χ4n) is 4.21. The lowest BCUT2D eigenvalue weighted by Gasteiger charge is -2.32. The summed E-state index contributed by atoms with van der Waals surface area (Å²) in [4.78, 5) is 27.7. The second-order valence-electron chi connectivity index (χ2n) is 8.62. The van der Waals surface area contributed by atoms with Crippen LogP contribution in [0.2, 0.25) is 0 Å². The van der Waals surface area contributed by atoms with E-state index in [0.29, 0.717) is 30.9 Å². The van der Waals surface area contributed by atoms with Crippen molar-refractivity contribution < 1.29 is 18.0 Å². The number of amides is 2. The number of piperidine rings is 1. The molecule has 0 aromatic heterocycles. The molecule has 0 spiro atoms. The standard InChI is InChI=1S/C27H29N3O4S/c31-26(28-17-16-21-9-3-1-4-10-21)23-12-8-18-30(20-23)27(32)22-11-7-13-24(19-22)29-35(33,34)25-14-5-2-6-15-25/h1-7,9-11,13-15,19,23,29H,8,12,16-18,20H2,(H,28,31). The first-order valence-corrected chi connectivity index (χ1v) is 13.2. The monoisotopic (exact) mass is 491 g/mol. The van der Waals surface area contributed by atoms with Crippen molar-refractivity contribution in [3.63, 3.8) is 0 Å². The first kappa shape index (κ1) is 24.5. The Kier molecular flexibility index (Phi) is 7.82. The van der Waals surface area contributed by atoms with Crippen LogP contribution in [0.4, 0.5) is 5.69 Å². The highest BCUT2D eigenvalue weighted by atomic mass is 32.2. The zero-order valence-corrected chi connectivity index (χ0v) is 20.2. The summed E-state index contributed by atoms with van der Waals surface area (Å²) < 4.78 is 27.8. The van der Waals surface area contributed by atoms with E-state index < -0.39 is 10.0 Å². The summed E-state index contributed by atoms with van der Waals surface area (Å²) in [6.45, 7) is 1.46. The van der Waals surface area contributed by atoms with Gasteiger partial charge in [-0.25, -0.2) is 8.42 Å². The average Bonchev–Trinajstić information content (AvgIpc) is 2.89. The zero-order chi connectivity index (χ0) is 24.7.